The Morgan fingerprint density at radius 3 is 2.33 bits per heavy atom. The van der Waals surface area contributed by atoms with Crippen LogP contribution in [-0.2, 0) is 15.0 Å². The van der Waals surface area contributed by atoms with Crippen LogP contribution in [0.25, 0.3) is 16.7 Å². The number of anilines is 1. The van der Waals surface area contributed by atoms with Gasteiger partial charge in [0.25, 0.3) is 5.91 Å². The molecule has 0 radical (unpaired) electrons. The Morgan fingerprint density at radius 1 is 1.13 bits per heavy atom. The molecule has 3 aliphatic rings. The molecule has 1 fully saturated rings. The topological polar surface area (TPSA) is 78.4 Å². The molecule has 5 nitrogen and oxygen atoms in total. The predicted molar refractivity (Wildman–Crippen MR) is 114 cm³/mol. The van der Waals surface area contributed by atoms with Gasteiger partial charge in [0.2, 0.25) is 5.91 Å². The smallest absolute Gasteiger partial charge is 0.255 e. The highest BCUT2D eigenvalue weighted by Crippen LogP contribution is 2.48. The molecule has 2 aliphatic heterocycles. The number of halogens is 1. The zero-order valence-electron chi connectivity index (χ0n) is 16.7. The van der Waals surface area contributed by atoms with Crippen LogP contribution >= 0.6 is 0 Å². The van der Waals surface area contributed by atoms with Crippen LogP contribution in [0.2, 0.25) is 0 Å². The van der Waals surface area contributed by atoms with E-state index in [2.05, 4.69) is 17.2 Å². The van der Waals surface area contributed by atoms with E-state index in [9.17, 15) is 19.1 Å². The van der Waals surface area contributed by atoms with E-state index < -0.39 is 0 Å². The minimum Gasteiger partial charge on any atom is -0.395 e. The van der Waals surface area contributed by atoms with Crippen molar-refractivity contribution in [1.82, 2.24) is 5.32 Å². The Bertz CT molecular complexity index is 1080. The van der Waals surface area contributed by atoms with E-state index in [-0.39, 0.29) is 29.7 Å². The number of aliphatic hydroxyl groups excluding tert-OH is 1. The molecular weight excluding hydrogens is 383 g/mol. The number of aliphatic hydroxyl groups is 1. The molecule has 1 saturated carbocycles. The number of hydrogen-bond acceptors (Lipinski definition) is 3. The molecule has 2 amide bonds. The normalized spacial score (nSPS) is 18.1. The van der Waals surface area contributed by atoms with E-state index in [4.69, 9.17) is 0 Å². The van der Waals surface area contributed by atoms with Crippen molar-refractivity contribution in [2.45, 2.75) is 25.2 Å². The molecule has 0 aromatic heterocycles. The van der Waals surface area contributed by atoms with Crippen LogP contribution in [0.15, 0.2) is 54.6 Å². The molecule has 0 bridgehead atoms. The molecule has 2 aromatic carbocycles. The Balaban J connectivity index is 0.000000265. The summed E-state index contributed by atoms with van der Waals surface area (Å²) in [6, 6.07) is 10.6. The summed E-state index contributed by atoms with van der Waals surface area (Å²) < 4.78 is 14.4. The van der Waals surface area contributed by atoms with Crippen LogP contribution in [0.1, 0.15) is 30.9 Å². The number of carbonyl (C=O) groups excluding carboxylic acids is 2. The van der Waals surface area contributed by atoms with Gasteiger partial charge in [-0.3, -0.25) is 9.59 Å². The fourth-order valence-electron chi connectivity index (χ4n) is 3.71. The van der Waals surface area contributed by atoms with Gasteiger partial charge in [0, 0.05) is 34.7 Å². The summed E-state index contributed by atoms with van der Waals surface area (Å²) in [5.74, 6) is -0.627. The Kier molecular flexibility index (Phi) is 5.03. The number of benzene rings is 2. The maximum atomic E-state index is 14.4. The van der Waals surface area contributed by atoms with E-state index >= 15 is 0 Å². The third-order valence-electron chi connectivity index (χ3n) is 5.84. The van der Waals surface area contributed by atoms with Crippen molar-refractivity contribution in [1.29, 1.82) is 0 Å². The highest BCUT2D eigenvalue weighted by atomic mass is 19.1. The van der Waals surface area contributed by atoms with Gasteiger partial charge in [-0.2, -0.15) is 0 Å². The van der Waals surface area contributed by atoms with Gasteiger partial charge in [-0.1, -0.05) is 30.8 Å². The van der Waals surface area contributed by atoms with E-state index in [1.54, 1.807) is 12.1 Å². The van der Waals surface area contributed by atoms with Crippen LogP contribution in [0.3, 0.4) is 0 Å². The third kappa shape index (κ3) is 3.66. The second kappa shape index (κ2) is 7.54. The molecule has 154 valence electrons. The lowest BCUT2D eigenvalue weighted by atomic mass is 9.93. The summed E-state index contributed by atoms with van der Waals surface area (Å²) in [5, 5.41) is 14.7. The zero-order chi connectivity index (χ0) is 21.5. The molecule has 6 heteroatoms. The van der Waals surface area contributed by atoms with E-state index in [1.807, 2.05) is 31.2 Å². The number of fused-ring (bicyclic) bond motifs is 1. The first kappa shape index (κ1) is 20.0. The van der Waals surface area contributed by atoms with Crippen molar-refractivity contribution < 1.29 is 19.1 Å². The van der Waals surface area contributed by atoms with Crippen molar-refractivity contribution in [2.24, 2.45) is 0 Å². The quantitative estimate of drug-likeness (QED) is 0.682. The van der Waals surface area contributed by atoms with Crippen LogP contribution in [0, 0.1) is 5.82 Å². The first-order valence-corrected chi connectivity index (χ1v) is 9.84. The standard InChI is InChI=1S/C19H16FNO2.C5H7NO/c1-11-14-8-15(16(20)9-17(14)21-18(11)23)12-2-4-13(5-3-12)19(10-22)6-7-19;1-4-2-5(7)6-3-4/h2-5,8-9,22H,1,6-7,10H2,(H,21,23);2H,3H2,1H3,(H,6,7). The van der Waals surface area contributed by atoms with Gasteiger partial charge in [-0.05, 0) is 48.6 Å². The number of nitrogens with one attached hydrogen (secondary N) is 2. The molecule has 0 saturated heterocycles. The molecule has 0 atom stereocenters. The van der Waals surface area contributed by atoms with Gasteiger partial charge in [0.1, 0.15) is 5.82 Å². The average Bonchev–Trinajstić information content (AvgIpc) is 3.38. The fourth-order valence-corrected chi connectivity index (χ4v) is 3.71. The maximum absolute atomic E-state index is 14.4. The summed E-state index contributed by atoms with van der Waals surface area (Å²) >= 11 is 0. The second-order valence-corrected chi connectivity index (χ2v) is 8.03. The monoisotopic (exact) mass is 406 g/mol. The van der Waals surface area contributed by atoms with Gasteiger partial charge >= 0.3 is 0 Å². The lowest BCUT2D eigenvalue weighted by molar-refractivity contribution is -0.115. The van der Waals surface area contributed by atoms with Crippen molar-refractivity contribution in [3.8, 4) is 11.1 Å². The molecule has 3 N–H and O–H groups in total. The SMILES string of the molecule is C=C1C(=O)Nc2cc(F)c(-c3ccc(C4(CO)CC4)cc3)cc21.CC1=CC(=O)NC1. The number of rotatable bonds is 3. The molecule has 5 rings (SSSR count). The molecule has 1 aliphatic carbocycles. The molecular formula is C24H23FN2O3. The lowest BCUT2D eigenvalue weighted by Crippen LogP contribution is -2.14. The highest BCUT2D eigenvalue weighted by molar-refractivity contribution is 6.31. The summed E-state index contributed by atoms with van der Waals surface area (Å²) in [5.41, 5.74) is 4.77. The summed E-state index contributed by atoms with van der Waals surface area (Å²) in [7, 11) is 0. The third-order valence-corrected chi connectivity index (χ3v) is 5.84. The van der Waals surface area contributed by atoms with E-state index in [0.717, 1.165) is 36.1 Å². The number of amides is 2. The van der Waals surface area contributed by atoms with Crippen LogP contribution in [0.5, 0.6) is 0 Å². The van der Waals surface area contributed by atoms with Crippen LogP contribution in [0.4, 0.5) is 10.1 Å². The van der Waals surface area contributed by atoms with Crippen LogP contribution < -0.4 is 10.6 Å². The van der Waals surface area contributed by atoms with Gasteiger partial charge in [0.05, 0.1) is 12.3 Å². The van der Waals surface area contributed by atoms with Gasteiger partial charge < -0.3 is 15.7 Å². The minimum atomic E-state index is -0.380. The molecule has 0 unspecified atom stereocenters. The van der Waals surface area contributed by atoms with Crippen molar-refractivity contribution in [2.75, 3.05) is 18.5 Å². The Hall–Kier alpha value is -3.25. The molecule has 2 aromatic rings. The number of carbonyl (C=O) groups is 2. The summed E-state index contributed by atoms with van der Waals surface area (Å²) in [6.07, 6.45) is 3.59. The van der Waals surface area contributed by atoms with Gasteiger partial charge in [-0.25, -0.2) is 4.39 Å². The highest BCUT2D eigenvalue weighted by Gasteiger charge is 2.43. The van der Waals surface area contributed by atoms with E-state index in [0.29, 0.717) is 22.4 Å². The Labute approximate surface area is 174 Å². The maximum Gasteiger partial charge on any atom is 0.255 e. The summed E-state index contributed by atoms with van der Waals surface area (Å²) in [6.45, 7) is 6.55. The first-order valence-electron chi connectivity index (χ1n) is 9.84. The van der Waals surface area contributed by atoms with Gasteiger partial charge in [-0.15, -0.1) is 0 Å². The van der Waals surface area contributed by atoms with Crippen molar-refractivity contribution >= 4 is 23.1 Å². The fraction of sp³-hybridized carbons (Fsp3) is 0.250. The Morgan fingerprint density at radius 2 is 1.83 bits per heavy atom. The van der Waals surface area contributed by atoms with Crippen molar-refractivity contribution in [3.63, 3.8) is 0 Å². The predicted octanol–water partition coefficient (Wildman–Crippen LogP) is 3.54. The largest absolute Gasteiger partial charge is 0.395 e. The van der Waals surface area contributed by atoms with E-state index in [1.165, 1.54) is 6.07 Å². The second-order valence-electron chi connectivity index (χ2n) is 8.03. The summed E-state index contributed by atoms with van der Waals surface area (Å²) in [4.78, 5) is 21.9. The molecule has 0 spiro atoms. The molecule has 2 heterocycles. The molecule has 30 heavy (non-hydrogen) atoms. The zero-order valence-corrected chi connectivity index (χ0v) is 16.7. The van der Waals surface area contributed by atoms with Gasteiger partial charge in [0.15, 0.2) is 0 Å². The van der Waals surface area contributed by atoms with Crippen molar-refractivity contribution in [3.05, 3.63) is 71.6 Å². The minimum absolute atomic E-state index is 0.0394. The lowest BCUT2D eigenvalue weighted by Gasteiger charge is -2.13. The average molecular weight is 406 g/mol. The van der Waals surface area contributed by atoms with Crippen LogP contribution in [-0.4, -0.2) is 30.1 Å². The number of hydrogen-bond donors (Lipinski definition) is 3. The first-order chi connectivity index (χ1) is 14.3.